The van der Waals surface area contributed by atoms with Crippen molar-refractivity contribution in [2.75, 3.05) is 20.2 Å². The van der Waals surface area contributed by atoms with Crippen molar-refractivity contribution >= 4 is 11.6 Å². The van der Waals surface area contributed by atoms with Crippen LogP contribution in [-0.2, 0) is 4.79 Å². The van der Waals surface area contributed by atoms with Gasteiger partial charge in [-0.25, -0.2) is 0 Å². The molecule has 0 heterocycles. The Balaban J connectivity index is 2.89. The number of amides is 1. The molecule has 18 heavy (non-hydrogen) atoms. The number of aliphatic hydroxyl groups excluding tert-OH is 1. The number of benzene rings is 1. The molecular weight excluding hydrogens is 236 g/mol. The van der Waals surface area contributed by atoms with Gasteiger partial charge in [0, 0.05) is 25.7 Å². The van der Waals surface area contributed by atoms with Crippen LogP contribution < -0.4 is 0 Å². The maximum atomic E-state index is 12.0. The Kier molecular flexibility index (Phi) is 4.79. The van der Waals surface area contributed by atoms with Crippen molar-refractivity contribution in [1.29, 1.82) is 0 Å². The number of carbonyl (C=O) groups excluding carboxylic acids is 1. The molecule has 0 fully saturated rings. The zero-order valence-electron chi connectivity index (χ0n) is 10.4. The van der Waals surface area contributed by atoms with E-state index in [4.69, 9.17) is 5.11 Å². The van der Waals surface area contributed by atoms with Gasteiger partial charge in [-0.3, -0.25) is 14.9 Å². The lowest BCUT2D eigenvalue weighted by Crippen LogP contribution is -2.32. The predicted molar refractivity (Wildman–Crippen MR) is 66.2 cm³/mol. The fourth-order valence-corrected chi connectivity index (χ4v) is 1.64. The molecule has 0 radical (unpaired) electrons. The quantitative estimate of drug-likeness (QED) is 0.629. The van der Waals surface area contributed by atoms with E-state index in [0.717, 1.165) is 0 Å². The van der Waals surface area contributed by atoms with Gasteiger partial charge >= 0.3 is 0 Å². The highest BCUT2D eigenvalue weighted by molar-refractivity contribution is 5.83. The Morgan fingerprint density at radius 1 is 1.56 bits per heavy atom. The van der Waals surface area contributed by atoms with E-state index >= 15 is 0 Å². The first-order valence-corrected chi connectivity index (χ1v) is 5.57. The Hall–Kier alpha value is -1.95. The highest BCUT2D eigenvalue weighted by atomic mass is 16.6. The summed E-state index contributed by atoms with van der Waals surface area (Å²) >= 11 is 0. The van der Waals surface area contributed by atoms with Crippen LogP contribution in [0, 0.1) is 10.1 Å². The van der Waals surface area contributed by atoms with Crippen LogP contribution in [0.3, 0.4) is 0 Å². The average Bonchev–Trinajstić information content (AvgIpc) is 2.37. The topological polar surface area (TPSA) is 83.7 Å². The molecule has 0 saturated heterocycles. The van der Waals surface area contributed by atoms with Crippen LogP contribution >= 0.6 is 0 Å². The molecule has 1 aromatic carbocycles. The third-order valence-corrected chi connectivity index (χ3v) is 2.76. The van der Waals surface area contributed by atoms with E-state index in [1.807, 2.05) is 0 Å². The molecule has 1 aromatic rings. The molecule has 0 aromatic heterocycles. The molecule has 1 atom stereocenters. The van der Waals surface area contributed by atoms with E-state index in [-0.39, 0.29) is 24.7 Å². The first-order chi connectivity index (χ1) is 8.47. The molecule has 6 nitrogen and oxygen atoms in total. The molecule has 0 saturated carbocycles. The van der Waals surface area contributed by atoms with Gasteiger partial charge in [0.25, 0.3) is 5.69 Å². The van der Waals surface area contributed by atoms with Gasteiger partial charge in [0.15, 0.2) is 0 Å². The molecule has 98 valence electrons. The lowest BCUT2D eigenvalue weighted by molar-refractivity contribution is -0.384. The molecule has 0 spiro atoms. The van der Waals surface area contributed by atoms with Gasteiger partial charge in [-0.1, -0.05) is 12.1 Å². The van der Waals surface area contributed by atoms with E-state index < -0.39 is 10.8 Å². The van der Waals surface area contributed by atoms with Crippen molar-refractivity contribution in [3.8, 4) is 0 Å². The van der Waals surface area contributed by atoms with Crippen LogP contribution in [0.5, 0.6) is 0 Å². The molecule has 1 amide bonds. The van der Waals surface area contributed by atoms with Gasteiger partial charge < -0.3 is 10.0 Å². The Bertz CT molecular complexity index is 447. The minimum Gasteiger partial charge on any atom is -0.395 e. The lowest BCUT2D eigenvalue weighted by atomic mass is 9.99. The smallest absolute Gasteiger partial charge is 0.269 e. The van der Waals surface area contributed by atoms with Crippen molar-refractivity contribution in [2.45, 2.75) is 12.8 Å². The number of aliphatic hydroxyl groups is 1. The van der Waals surface area contributed by atoms with Crippen molar-refractivity contribution < 1.29 is 14.8 Å². The molecule has 6 heteroatoms. The summed E-state index contributed by atoms with van der Waals surface area (Å²) in [6.45, 7) is 1.83. The van der Waals surface area contributed by atoms with Crippen molar-refractivity contribution in [3.63, 3.8) is 0 Å². The number of nitro groups is 1. The van der Waals surface area contributed by atoms with E-state index in [2.05, 4.69) is 0 Å². The third kappa shape index (κ3) is 3.27. The molecule has 1 unspecified atom stereocenters. The zero-order valence-corrected chi connectivity index (χ0v) is 10.4. The molecule has 0 aliphatic carbocycles. The minimum atomic E-state index is -0.488. The molecule has 1 N–H and O–H groups in total. The summed E-state index contributed by atoms with van der Waals surface area (Å²) in [6.07, 6.45) is 0. The Morgan fingerprint density at radius 2 is 2.22 bits per heavy atom. The monoisotopic (exact) mass is 252 g/mol. The summed E-state index contributed by atoms with van der Waals surface area (Å²) in [5.74, 6) is -0.647. The second kappa shape index (κ2) is 6.11. The van der Waals surface area contributed by atoms with Gasteiger partial charge in [-0.15, -0.1) is 0 Å². The average molecular weight is 252 g/mol. The van der Waals surface area contributed by atoms with Crippen LogP contribution in [0.25, 0.3) is 0 Å². The predicted octanol–water partition coefficient (Wildman–Crippen LogP) is 1.15. The van der Waals surface area contributed by atoms with Crippen molar-refractivity contribution in [2.24, 2.45) is 0 Å². The minimum absolute atomic E-state index is 0.0306. The largest absolute Gasteiger partial charge is 0.395 e. The van der Waals surface area contributed by atoms with Gasteiger partial charge in [-0.2, -0.15) is 0 Å². The lowest BCUT2D eigenvalue weighted by Gasteiger charge is -2.20. The first-order valence-electron chi connectivity index (χ1n) is 5.57. The number of nitrogens with zero attached hydrogens (tertiary/aromatic N) is 2. The summed E-state index contributed by atoms with van der Waals surface area (Å²) in [7, 11) is 1.59. The van der Waals surface area contributed by atoms with Crippen LogP contribution in [0.2, 0.25) is 0 Å². The fraction of sp³-hybridized carbons (Fsp3) is 0.417. The highest BCUT2D eigenvalue weighted by Gasteiger charge is 2.20. The molecule has 0 aliphatic heterocycles. The Labute approximate surface area is 105 Å². The SMILES string of the molecule is CC(C(=O)N(C)CCO)c1cccc([N+](=O)[O-])c1. The first kappa shape index (κ1) is 14.1. The van der Waals surface area contributed by atoms with Crippen LogP contribution in [-0.4, -0.2) is 41.0 Å². The molecule has 1 rings (SSSR count). The van der Waals surface area contributed by atoms with Crippen molar-refractivity contribution in [1.82, 2.24) is 4.90 Å². The molecular formula is C12H16N2O4. The van der Waals surface area contributed by atoms with Gasteiger partial charge in [0.1, 0.15) is 0 Å². The van der Waals surface area contributed by atoms with E-state index in [9.17, 15) is 14.9 Å². The summed E-state index contributed by atoms with van der Waals surface area (Å²) in [5, 5.41) is 19.4. The summed E-state index contributed by atoms with van der Waals surface area (Å²) in [4.78, 5) is 23.5. The second-order valence-electron chi connectivity index (χ2n) is 4.06. The van der Waals surface area contributed by atoms with Gasteiger partial charge in [0.2, 0.25) is 5.91 Å². The number of non-ortho nitro benzene ring substituents is 1. The number of nitro benzene ring substituents is 1. The third-order valence-electron chi connectivity index (χ3n) is 2.76. The van der Waals surface area contributed by atoms with Crippen LogP contribution in [0.15, 0.2) is 24.3 Å². The summed E-state index contributed by atoms with van der Waals surface area (Å²) < 4.78 is 0. The van der Waals surface area contributed by atoms with E-state index in [0.29, 0.717) is 5.56 Å². The highest BCUT2D eigenvalue weighted by Crippen LogP contribution is 2.22. The number of hydrogen-bond acceptors (Lipinski definition) is 4. The standard InChI is InChI=1S/C12H16N2O4/c1-9(12(16)13(2)6-7-15)10-4-3-5-11(8-10)14(17)18/h3-5,8-9,15H,6-7H2,1-2H3. The van der Waals surface area contributed by atoms with Crippen molar-refractivity contribution in [3.05, 3.63) is 39.9 Å². The number of rotatable bonds is 5. The fourth-order valence-electron chi connectivity index (χ4n) is 1.64. The van der Waals surface area contributed by atoms with Gasteiger partial charge in [0.05, 0.1) is 17.4 Å². The van der Waals surface area contributed by atoms with Gasteiger partial charge in [-0.05, 0) is 12.5 Å². The van der Waals surface area contributed by atoms with Crippen LogP contribution in [0.1, 0.15) is 18.4 Å². The normalized spacial score (nSPS) is 11.9. The molecule has 0 bridgehead atoms. The second-order valence-corrected chi connectivity index (χ2v) is 4.06. The maximum absolute atomic E-state index is 12.0. The summed E-state index contributed by atoms with van der Waals surface area (Å²) in [5.41, 5.74) is 0.566. The number of hydrogen-bond donors (Lipinski definition) is 1. The number of carbonyl (C=O) groups is 1. The van der Waals surface area contributed by atoms with Crippen LogP contribution in [0.4, 0.5) is 5.69 Å². The zero-order chi connectivity index (χ0) is 13.7. The Morgan fingerprint density at radius 3 is 2.78 bits per heavy atom. The maximum Gasteiger partial charge on any atom is 0.269 e. The van der Waals surface area contributed by atoms with E-state index in [1.165, 1.54) is 17.0 Å². The van der Waals surface area contributed by atoms with E-state index in [1.54, 1.807) is 26.1 Å². The number of likely N-dealkylation sites (N-methyl/N-ethyl adjacent to an activating group) is 1. The molecule has 0 aliphatic rings. The summed E-state index contributed by atoms with van der Waals surface area (Å²) in [6, 6.07) is 6.03.